The Morgan fingerprint density at radius 3 is 2.77 bits per heavy atom. The van der Waals surface area contributed by atoms with Gasteiger partial charge in [0.05, 0.1) is 6.54 Å². The van der Waals surface area contributed by atoms with Crippen molar-refractivity contribution in [3.8, 4) is 5.69 Å². The van der Waals surface area contributed by atoms with Gasteiger partial charge < -0.3 is 15.6 Å². The molecule has 0 radical (unpaired) electrons. The number of aryl methyl sites for hydroxylation is 1. The van der Waals surface area contributed by atoms with E-state index in [1.807, 2.05) is 34.9 Å². The smallest absolute Gasteiger partial charge is 0.191 e. The van der Waals surface area contributed by atoms with Gasteiger partial charge in [0.1, 0.15) is 6.33 Å². The Morgan fingerprint density at radius 1 is 1.13 bits per heavy atom. The van der Waals surface area contributed by atoms with Gasteiger partial charge in [-0.2, -0.15) is 0 Å². The van der Waals surface area contributed by atoms with Crippen molar-refractivity contribution in [3.05, 3.63) is 78.0 Å². The first-order valence-electron chi connectivity index (χ1n) is 9.70. The minimum atomic E-state index is 0. The molecule has 156 valence electrons. The van der Waals surface area contributed by atoms with Crippen molar-refractivity contribution < 1.29 is 0 Å². The molecular formula is C22H26IN7. The molecule has 0 aliphatic rings. The van der Waals surface area contributed by atoms with Crippen molar-refractivity contribution in [3.63, 3.8) is 0 Å². The Labute approximate surface area is 193 Å². The van der Waals surface area contributed by atoms with Crippen LogP contribution in [0.25, 0.3) is 16.6 Å². The van der Waals surface area contributed by atoms with E-state index in [2.05, 4.69) is 62.1 Å². The lowest BCUT2D eigenvalue weighted by molar-refractivity contribution is 0.750. The first-order valence-corrected chi connectivity index (χ1v) is 9.70. The van der Waals surface area contributed by atoms with E-state index in [-0.39, 0.29) is 24.0 Å². The highest BCUT2D eigenvalue weighted by Crippen LogP contribution is 2.19. The van der Waals surface area contributed by atoms with Gasteiger partial charge in [-0.25, -0.2) is 0 Å². The normalized spacial score (nSPS) is 11.3. The van der Waals surface area contributed by atoms with E-state index < -0.39 is 0 Å². The van der Waals surface area contributed by atoms with Crippen LogP contribution in [0.1, 0.15) is 17.0 Å². The van der Waals surface area contributed by atoms with E-state index >= 15 is 0 Å². The zero-order valence-corrected chi connectivity index (χ0v) is 19.4. The molecule has 7 nitrogen and oxygen atoms in total. The fraction of sp³-hybridized carbons (Fsp3) is 0.227. The van der Waals surface area contributed by atoms with Crippen LogP contribution in [0, 0.1) is 6.92 Å². The summed E-state index contributed by atoms with van der Waals surface area (Å²) in [6.07, 6.45) is 4.72. The number of rotatable bonds is 6. The highest BCUT2D eigenvalue weighted by molar-refractivity contribution is 14.0. The Hall–Kier alpha value is -2.88. The number of para-hydroxylation sites is 1. The van der Waals surface area contributed by atoms with Crippen LogP contribution < -0.4 is 10.6 Å². The molecule has 2 aromatic carbocycles. The quantitative estimate of drug-likeness (QED) is 0.208. The fourth-order valence-corrected chi connectivity index (χ4v) is 3.39. The molecule has 30 heavy (non-hydrogen) atoms. The SMILES string of the molecule is CN=C(NCCc1c[nH]c2cc(C)ccc12)NCc1nncn1-c1ccccc1.I. The molecule has 0 aliphatic heterocycles. The van der Waals surface area contributed by atoms with Crippen molar-refractivity contribution >= 4 is 40.8 Å². The number of aromatic nitrogens is 4. The summed E-state index contributed by atoms with van der Waals surface area (Å²) in [5, 5.41) is 16.2. The van der Waals surface area contributed by atoms with Gasteiger partial charge in [0.25, 0.3) is 0 Å². The predicted molar refractivity (Wildman–Crippen MR) is 132 cm³/mol. The summed E-state index contributed by atoms with van der Waals surface area (Å²) in [5.41, 5.74) is 4.78. The van der Waals surface area contributed by atoms with Gasteiger partial charge in [0.15, 0.2) is 11.8 Å². The number of halogens is 1. The minimum absolute atomic E-state index is 0. The van der Waals surface area contributed by atoms with Crippen LogP contribution in [-0.2, 0) is 13.0 Å². The van der Waals surface area contributed by atoms with E-state index in [0.29, 0.717) is 6.54 Å². The summed E-state index contributed by atoms with van der Waals surface area (Å²) in [6.45, 7) is 3.42. The van der Waals surface area contributed by atoms with Crippen LogP contribution in [0.15, 0.2) is 66.0 Å². The molecule has 4 aromatic rings. The zero-order chi connectivity index (χ0) is 20.1. The molecule has 0 amide bonds. The maximum atomic E-state index is 4.31. The molecule has 0 fully saturated rings. The topological polar surface area (TPSA) is 82.9 Å². The van der Waals surface area contributed by atoms with E-state index in [1.165, 1.54) is 22.0 Å². The standard InChI is InChI=1S/C22H25N7.HI/c1-16-8-9-19-17(13-25-20(19)12-16)10-11-24-22(23-2)26-14-21-28-27-15-29(21)18-6-4-3-5-7-18;/h3-9,12-13,15,25H,10-11,14H2,1-2H3,(H2,23,24,26);1H. The first kappa shape index (κ1) is 21.8. The van der Waals surface area contributed by atoms with Crippen LogP contribution in [0.4, 0.5) is 0 Å². The third kappa shape index (κ3) is 4.99. The summed E-state index contributed by atoms with van der Waals surface area (Å²) in [4.78, 5) is 7.67. The number of nitrogens with one attached hydrogen (secondary N) is 3. The molecule has 0 atom stereocenters. The van der Waals surface area contributed by atoms with Crippen LogP contribution in [0.5, 0.6) is 0 Å². The number of guanidine groups is 1. The maximum Gasteiger partial charge on any atom is 0.191 e. The molecule has 8 heteroatoms. The number of H-pyrrole nitrogens is 1. The fourth-order valence-electron chi connectivity index (χ4n) is 3.39. The molecule has 4 rings (SSSR count). The molecule has 0 aliphatic carbocycles. The van der Waals surface area contributed by atoms with Crippen LogP contribution in [-0.4, -0.2) is 39.3 Å². The number of nitrogens with zero attached hydrogens (tertiary/aromatic N) is 4. The average Bonchev–Trinajstić information content (AvgIpc) is 3.38. The van der Waals surface area contributed by atoms with Gasteiger partial charge >= 0.3 is 0 Å². The van der Waals surface area contributed by atoms with Crippen molar-refractivity contribution in [1.29, 1.82) is 0 Å². The second-order valence-electron chi connectivity index (χ2n) is 6.92. The maximum absolute atomic E-state index is 4.31. The van der Waals surface area contributed by atoms with E-state index in [1.54, 1.807) is 13.4 Å². The number of aliphatic imine (C=N–C) groups is 1. The predicted octanol–water partition coefficient (Wildman–Crippen LogP) is 3.58. The third-order valence-electron chi connectivity index (χ3n) is 4.90. The highest BCUT2D eigenvalue weighted by Gasteiger charge is 2.08. The summed E-state index contributed by atoms with van der Waals surface area (Å²) in [5.74, 6) is 1.56. The molecule has 0 saturated carbocycles. The lowest BCUT2D eigenvalue weighted by Gasteiger charge is -2.12. The summed E-state index contributed by atoms with van der Waals surface area (Å²) in [6, 6.07) is 16.6. The van der Waals surface area contributed by atoms with Gasteiger partial charge in [-0.15, -0.1) is 34.2 Å². The van der Waals surface area contributed by atoms with Crippen molar-refractivity contribution in [2.75, 3.05) is 13.6 Å². The van der Waals surface area contributed by atoms with E-state index in [9.17, 15) is 0 Å². The van der Waals surface area contributed by atoms with Gasteiger partial charge in [-0.1, -0.05) is 30.3 Å². The molecule has 0 saturated heterocycles. The van der Waals surface area contributed by atoms with E-state index in [0.717, 1.165) is 30.4 Å². The van der Waals surface area contributed by atoms with Crippen LogP contribution in [0.2, 0.25) is 0 Å². The molecule has 0 bridgehead atoms. The Kier molecular flexibility index (Phi) is 7.45. The van der Waals surface area contributed by atoms with Crippen LogP contribution in [0.3, 0.4) is 0 Å². The first-order chi connectivity index (χ1) is 14.2. The Balaban J connectivity index is 0.00000256. The van der Waals surface area contributed by atoms with Crippen molar-refractivity contribution in [2.24, 2.45) is 4.99 Å². The summed E-state index contributed by atoms with van der Waals surface area (Å²) >= 11 is 0. The van der Waals surface area contributed by atoms with E-state index in [4.69, 9.17) is 0 Å². The van der Waals surface area contributed by atoms with Crippen molar-refractivity contribution in [2.45, 2.75) is 19.9 Å². The molecule has 2 aromatic heterocycles. The van der Waals surface area contributed by atoms with Gasteiger partial charge in [0, 0.05) is 36.4 Å². The van der Waals surface area contributed by atoms with Gasteiger partial charge in [-0.3, -0.25) is 9.56 Å². The molecule has 0 unspecified atom stereocenters. The molecular weight excluding hydrogens is 489 g/mol. The van der Waals surface area contributed by atoms with Crippen LogP contribution >= 0.6 is 24.0 Å². The lowest BCUT2D eigenvalue weighted by atomic mass is 10.1. The Morgan fingerprint density at radius 2 is 1.97 bits per heavy atom. The van der Waals surface area contributed by atoms with Crippen molar-refractivity contribution in [1.82, 2.24) is 30.4 Å². The second kappa shape index (κ2) is 10.2. The van der Waals surface area contributed by atoms with Gasteiger partial charge in [0.2, 0.25) is 0 Å². The Bertz CT molecular complexity index is 1110. The minimum Gasteiger partial charge on any atom is -0.361 e. The zero-order valence-electron chi connectivity index (χ0n) is 17.1. The second-order valence-corrected chi connectivity index (χ2v) is 6.92. The third-order valence-corrected chi connectivity index (χ3v) is 4.90. The summed E-state index contributed by atoms with van der Waals surface area (Å²) < 4.78 is 1.97. The molecule has 0 spiro atoms. The monoisotopic (exact) mass is 515 g/mol. The number of fused-ring (bicyclic) bond motifs is 1. The number of benzene rings is 2. The number of hydrogen-bond acceptors (Lipinski definition) is 3. The number of aromatic amines is 1. The van der Waals surface area contributed by atoms with Gasteiger partial charge in [-0.05, 0) is 42.7 Å². The largest absolute Gasteiger partial charge is 0.361 e. The molecule has 3 N–H and O–H groups in total. The summed E-state index contributed by atoms with van der Waals surface area (Å²) in [7, 11) is 1.77. The lowest BCUT2D eigenvalue weighted by Crippen LogP contribution is -2.38. The average molecular weight is 515 g/mol. The number of hydrogen-bond donors (Lipinski definition) is 3. The molecule has 2 heterocycles. The highest BCUT2D eigenvalue weighted by atomic mass is 127.